The molecule has 0 fully saturated rings. The Morgan fingerprint density at radius 3 is 2.36 bits per heavy atom. The molecule has 0 bridgehead atoms. The smallest absolute Gasteiger partial charge is 0.161 e. The Balaban J connectivity index is 1.95. The highest BCUT2D eigenvalue weighted by Gasteiger charge is 2.10. The highest BCUT2D eigenvalue weighted by Crippen LogP contribution is 2.31. The van der Waals surface area contributed by atoms with Gasteiger partial charge in [-0.25, -0.2) is 4.68 Å². The first-order valence-electron chi connectivity index (χ1n) is 6.65. The summed E-state index contributed by atoms with van der Waals surface area (Å²) in [6.45, 7) is 0. The van der Waals surface area contributed by atoms with Crippen molar-refractivity contribution in [2.75, 3.05) is 14.2 Å². The largest absolute Gasteiger partial charge is 0.508 e. The number of benzene rings is 2. The number of ether oxygens (including phenoxy) is 2. The topological polar surface area (TPSA) is 69.4 Å². The van der Waals surface area contributed by atoms with Gasteiger partial charge >= 0.3 is 0 Å². The molecule has 0 unspecified atom stereocenters. The van der Waals surface area contributed by atoms with Crippen molar-refractivity contribution in [3.05, 3.63) is 48.7 Å². The molecule has 3 rings (SSSR count). The molecule has 1 N–H and O–H groups in total. The zero-order valence-electron chi connectivity index (χ0n) is 12.2. The van der Waals surface area contributed by atoms with Crippen LogP contribution in [0.3, 0.4) is 0 Å². The third-order valence-electron chi connectivity index (χ3n) is 3.29. The van der Waals surface area contributed by atoms with Crippen LogP contribution in [0, 0.1) is 0 Å². The molecular weight excluding hydrogens is 282 g/mol. The van der Waals surface area contributed by atoms with Crippen LogP contribution in [0.15, 0.2) is 48.7 Å². The third kappa shape index (κ3) is 2.58. The molecule has 1 heterocycles. The lowest BCUT2D eigenvalue weighted by molar-refractivity contribution is 0.355. The Labute approximate surface area is 127 Å². The van der Waals surface area contributed by atoms with Crippen molar-refractivity contribution >= 4 is 0 Å². The zero-order chi connectivity index (χ0) is 15.5. The van der Waals surface area contributed by atoms with Gasteiger partial charge in [0.05, 0.1) is 26.1 Å². The number of phenolic OH excluding ortho intramolecular Hbond substituents is 1. The molecule has 112 valence electrons. The molecule has 0 aliphatic carbocycles. The van der Waals surface area contributed by atoms with Gasteiger partial charge in [0.15, 0.2) is 11.5 Å². The second kappa shape index (κ2) is 5.77. The average Bonchev–Trinajstić information content (AvgIpc) is 3.05. The minimum Gasteiger partial charge on any atom is -0.508 e. The van der Waals surface area contributed by atoms with Crippen LogP contribution < -0.4 is 9.47 Å². The first kappa shape index (κ1) is 13.9. The Morgan fingerprint density at radius 1 is 0.955 bits per heavy atom. The Kier molecular flexibility index (Phi) is 3.65. The van der Waals surface area contributed by atoms with Crippen LogP contribution in [-0.2, 0) is 0 Å². The molecule has 0 radical (unpaired) electrons. The van der Waals surface area contributed by atoms with E-state index in [-0.39, 0.29) is 5.75 Å². The summed E-state index contributed by atoms with van der Waals surface area (Å²) >= 11 is 0. The first-order valence-corrected chi connectivity index (χ1v) is 6.65. The first-order chi connectivity index (χ1) is 10.7. The fourth-order valence-corrected chi connectivity index (χ4v) is 2.12. The van der Waals surface area contributed by atoms with Crippen LogP contribution in [0.5, 0.6) is 17.2 Å². The van der Waals surface area contributed by atoms with Crippen LogP contribution >= 0.6 is 0 Å². The van der Waals surface area contributed by atoms with E-state index in [2.05, 4.69) is 10.3 Å². The molecule has 6 heteroatoms. The third-order valence-corrected chi connectivity index (χ3v) is 3.29. The molecule has 0 atom stereocenters. The summed E-state index contributed by atoms with van der Waals surface area (Å²) in [5.74, 6) is 1.51. The monoisotopic (exact) mass is 297 g/mol. The second-order valence-corrected chi connectivity index (χ2v) is 4.63. The van der Waals surface area contributed by atoms with Gasteiger partial charge in [0.25, 0.3) is 0 Å². The second-order valence-electron chi connectivity index (χ2n) is 4.63. The number of rotatable bonds is 4. The summed E-state index contributed by atoms with van der Waals surface area (Å²) in [4.78, 5) is 0. The maximum absolute atomic E-state index is 9.32. The number of hydrogen-bond acceptors (Lipinski definition) is 5. The zero-order valence-corrected chi connectivity index (χ0v) is 12.2. The van der Waals surface area contributed by atoms with Gasteiger partial charge in [0, 0.05) is 5.56 Å². The fourth-order valence-electron chi connectivity index (χ4n) is 2.12. The average molecular weight is 297 g/mol. The molecule has 6 nitrogen and oxygen atoms in total. The minimum atomic E-state index is 0.212. The summed E-state index contributed by atoms with van der Waals surface area (Å²) in [5.41, 5.74) is 2.41. The van der Waals surface area contributed by atoms with Crippen molar-refractivity contribution in [1.29, 1.82) is 0 Å². The molecule has 3 aromatic rings. The SMILES string of the molecule is COc1ccc(-c2cn(-c3ccc(O)cc3)nn2)cc1OC. The lowest BCUT2D eigenvalue weighted by Crippen LogP contribution is -1.93. The Hall–Kier alpha value is -3.02. The molecule has 0 aliphatic rings. The number of aromatic nitrogens is 3. The normalized spacial score (nSPS) is 10.5. The van der Waals surface area contributed by atoms with E-state index in [9.17, 15) is 5.11 Å². The molecule has 22 heavy (non-hydrogen) atoms. The lowest BCUT2D eigenvalue weighted by atomic mass is 10.1. The molecule has 0 spiro atoms. The molecule has 1 aromatic heterocycles. The van der Waals surface area contributed by atoms with Crippen LogP contribution in [0.25, 0.3) is 16.9 Å². The van der Waals surface area contributed by atoms with Crippen LogP contribution in [0.4, 0.5) is 0 Å². The predicted molar refractivity (Wildman–Crippen MR) is 81.6 cm³/mol. The fraction of sp³-hybridized carbons (Fsp3) is 0.125. The van der Waals surface area contributed by atoms with Gasteiger partial charge < -0.3 is 14.6 Å². The van der Waals surface area contributed by atoms with E-state index in [0.29, 0.717) is 17.2 Å². The quantitative estimate of drug-likeness (QED) is 0.801. The van der Waals surface area contributed by atoms with Crippen molar-refractivity contribution in [2.24, 2.45) is 0 Å². The van der Waals surface area contributed by atoms with Crippen LogP contribution in [0.2, 0.25) is 0 Å². The summed E-state index contributed by atoms with van der Waals surface area (Å²) in [7, 11) is 3.19. The number of hydrogen-bond donors (Lipinski definition) is 1. The molecule has 0 saturated heterocycles. The molecule has 2 aromatic carbocycles. The van der Waals surface area contributed by atoms with Crippen molar-refractivity contribution in [2.45, 2.75) is 0 Å². The van der Waals surface area contributed by atoms with E-state index < -0.39 is 0 Å². The van der Waals surface area contributed by atoms with Gasteiger partial charge in [0.1, 0.15) is 11.4 Å². The van der Waals surface area contributed by atoms with E-state index in [1.54, 1.807) is 43.2 Å². The summed E-state index contributed by atoms with van der Waals surface area (Å²) in [6, 6.07) is 12.3. The lowest BCUT2D eigenvalue weighted by Gasteiger charge is -2.08. The van der Waals surface area contributed by atoms with Gasteiger partial charge in [-0.15, -0.1) is 5.10 Å². The van der Waals surface area contributed by atoms with Crippen LogP contribution in [0.1, 0.15) is 0 Å². The molecule has 0 saturated carbocycles. The van der Waals surface area contributed by atoms with Gasteiger partial charge in [-0.3, -0.25) is 0 Å². The van der Waals surface area contributed by atoms with Crippen LogP contribution in [-0.4, -0.2) is 34.3 Å². The highest BCUT2D eigenvalue weighted by molar-refractivity contribution is 5.63. The summed E-state index contributed by atoms with van der Waals surface area (Å²) in [5, 5.41) is 17.6. The van der Waals surface area contributed by atoms with Gasteiger partial charge in [-0.1, -0.05) is 5.21 Å². The highest BCUT2D eigenvalue weighted by atomic mass is 16.5. The van der Waals surface area contributed by atoms with E-state index in [1.807, 2.05) is 24.4 Å². The maximum atomic E-state index is 9.32. The van der Waals surface area contributed by atoms with Gasteiger partial charge in [0.2, 0.25) is 0 Å². The molecule has 0 amide bonds. The summed E-state index contributed by atoms with van der Waals surface area (Å²) in [6.07, 6.45) is 1.81. The standard InChI is InChI=1S/C16H15N3O3/c1-21-15-8-3-11(9-16(15)22-2)14-10-19(18-17-14)12-4-6-13(20)7-5-12/h3-10,20H,1-2H3. The molecule has 0 aliphatic heterocycles. The van der Waals surface area contributed by atoms with E-state index in [0.717, 1.165) is 11.3 Å². The number of aromatic hydroxyl groups is 1. The van der Waals surface area contributed by atoms with Crippen molar-refractivity contribution < 1.29 is 14.6 Å². The maximum Gasteiger partial charge on any atom is 0.161 e. The Morgan fingerprint density at radius 2 is 1.68 bits per heavy atom. The van der Waals surface area contributed by atoms with Crippen molar-refractivity contribution in [3.63, 3.8) is 0 Å². The number of methoxy groups -OCH3 is 2. The van der Waals surface area contributed by atoms with Crippen molar-refractivity contribution in [3.8, 4) is 34.2 Å². The number of nitrogens with zero attached hydrogens (tertiary/aromatic N) is 3. The predicted octanol–water partition coefficient (Wildman–Crippen LogP) is 2.66. The summed E-state index contributed by atoms with van der Waals surface area (Å²) < 4.78 is 12.2. The van der Waals surface area contributed by atoms with E-state index in [4.69, 9.17) is 9.47 Å². The Bertz CT molecular complexity index is 782. The minimum absolute atomic E-state index is 0.212. The van der Waals surface area contributed by atoms with Crippen molar-refractivity contribution in [1.82, 2.24) is 15.0 Å². The number of phenols is 1. The van der Waals surface area contributed by atoms with Gasteiger partial charge in [-0.2, -0.15) is 0 Å². The van der Waals surface area contributed by atoms with Gasteiger partial charge in [-0.05, 0) is 42.5 Å². The molecular formula is C16H15N3O3. The van der Waals surface area contributed by atoms with E-state index >= 15 is 0 Å². The van der Waals surface area contributed by atoms with E-state index in [1.165, 1.54) is 0 Å².